The van der Waals surface area contributed by atoms with E-state index in [9.17, 15) is 14.7 Å². The van der Waals surface area contributed by atoms with E-state index in [-0.39, 0.29) is 30.3 Å². The molecule has 6 heteroatoms. The number of hydrogen-bond donors (Lipinski definition) is 2. The zero-order chi connectivity index (χ0) is 16.8. The quantitative estimate of drug-likeness (QED) is 0.723. The molecule has 0 saturated heterocycles. The number of benzene rings is 1. The zero-order valence-corrected chi connectivity index (χ0v) is 15.5. The fraction of sp³-hybridized carbons (Fsp3) is 0.529. The molecule has 1 atom stereocenters. The van der Waals surface area contributed by atoms with E-state index in [0.29, 0.717) is 24.9 Å². The van der Waals surface area contributed by atoms with E-state index in [1.807, 2.05) is 18.2 Å². The zero-order valence-electron chi connectivity index (χ0n) is 13.3. The van der Waals surface area contributed by atoms with E-state index in [2.05, 4.69) is 34.8 Å². The first-order chi connectivity index (χ1) is 10.7. The molecule has 0 aromatic heterocycles. The van der Waals surface area contributed by atoms with E-state index in [0.717, 1.165) is 9.13 Å². The van der Waals surface area contributed by atoms with Crippen LogP contribution < -0.4 is 5.32 Å². The van der Waals surface area contributed by atoms with Crippen molar-refractivity contribution in [1.29, 1.82) is 0 Å². The number of carbonyl (C=O) groups is 2. The number of hydrogen-bond acceptors (Lipinski definition) is 3. The lowest BCUT2D eigenvalue weighted by atomic mass is 9.77. The molecule has 2 amide bonds. The first-order valence-corrected chi connectivity index (χ1v) is 8.93. The van der Waals surface area contributed by atoms with Crippen molar-refractivity contribution in [2.45, 2.75) is 44.2 Å². The van der Waals surface area contributed by atoms with Crippen LogP contribution in [0, 0.1) is 3.57 Å². The minimum absolute atomic E-state index is 0.0173. The summed E-state index contributed by atoms with van der Waals surface area (Å²) in [5.74, 6) is -0.0140. The third-order valence-corrected chi connectivity index (χ3v) is 5.30. The first-order valence-electron chi connectivity index (χ1n) is 7.86. The van der Waals surface area contributed by atoms with Crippen molar-refractivity contribution in [2.75, 3.05) is 13.1 Å². The maximum Gasteiger partial charge on any atom is 0.254 e. The van der Waals surface area contributed by atoms with Crippen LogP contribution in [0.3, 0.4) is 0 Å². The second-order valence-electron chi connectivity index (χ2n) is 6.99. The maximum atomic E-state index is 12.6. The molecule has 1 aromatic rings. The van der Waals surface area contributed by atoms with Crippen molar-refractivity contribution < 1.29 is 14.7 Å². The molecule has 1 saturated carbocycles. The standard InChI is InChI=1S/C17H21IN2O3/c1-10-8-20(9-15(21)19-12-6-17(2,23)7-12)16(22)13-4-3-11(18)5-14(10)13/h3-5,10,12,23H,6-9H2,1-2H3,(H,19,21)/t10-,12?,17?/m0/s1. The van der Waals surface area contributed by atoms with Gasteiger partial charge in [-0.3, -0.25) is 9.59 Å². The van der Waals surface area contributed by atoms with Gasteiger partial charge in [-0.15, -0.1) is 0 Å². The summed E-state index contributed by atoms with van der Waals surface area (Å²) in [5, 5.41) is 12.6. The third-order valence-electron chi connectivity index (χ3n) is 4.63. The molecule has 124 valence electrons. The molecule has 1 heterocycles. The number of aliphatic hydroxyl groups is 1. The molecule has 2 N–H and O–H groups in total. The van der Waals surface area contributed by atoms with Gasteiger partial charge in [0.1, 0.15) is 0 Å². The van der Waals surface area contributed by atoms with Gasteiger partial charge < -0.3 is 15.3 Å². The Kier molecular flexibility index (Phi) is 4.39. The Morgan fingerprint density at radius 3 is 2.83 bits per heavy atom. The summed E-state index contributed by atoms with van der Waals surface area (Å²) in [4.78, 5) is 26.4. The average molecular weight is 428 g/mol. The molecule has 0 radical (unpaired) electrons. The van der Waals surface area contributed by atoms with Crippen molar-refractivity contribution >= 4 is 34.4 Å². The van der Waals surface area contributed by atoms with Gasteiger partial charge in [0.2, 0.25) is 5.91 Å². The van der Waals surface area contributed by atoms with Gasteiger partial charge in [0.05, 0.1) is 12.1 Å². The van der Waals surface area contributed by atoms with Crippen LogP contribution in [0.15, 0.2) is 18.2 Å². The normalized spacial score (nSPS) is 29.7. The maximum absolute atomic E-state index is 12.6. The van der Waals surface area contributed by atoms with Crippen LogP contribution >= 0.6 is 22.6 Å². The Bertz CT molecular complexity index is 651. The first kappa shape index (κ1) is 16.7. The van der Waals surface area contributed by atoms with Gasteiger partial charge in [-0.25, -0.2) is 0 Å². The monoisotopic (exact) mass is 428 g/mol. The Labute approximate surface area is 149 Å². The molecule has 23 heavy (non-hydrogen) atoms. The van der Waals surface area contributed by atoms with E-state index in [1.54, 1.807) is 11.8 Å². The molecule has 1 aliphatic carbocycles. The number of rotatable bonds is 3. The number of nitrogens with one attached hydrogen (secondary N) is 1. The van der Waals surface area contributed by atoms with Crippen molar-refractivity contribution in [3.8, 4) is 0 Å². The summed E-state index contributed by atoms with van der Waals surface area (Å²) in [6.45, 7) is 4.48. The summed E-state index contributed by atoms with van der Waals surface area (Å²) in [6.07, 6.45) is 1.15. The van der Waals surface area contributed by atoms with E-state index in [1.165, 1.54) is 0 Å². The summed E-state index contributed by atoms with van der Waals surface area (Å²) < 4.78 is 1.12. The van der Waals surface area contributed by atoms with Crippen LogP contribution in [-0.2, 0) is 4.79 Å². The SMILES string of the molecule is C[C@H]1CN(CC(=O)NC2CC(C)(O)C2)C(=O)c2ccc(I)cc21. The van der Waals surface area contributed by atoms with Crippen molar-refractivity contribution in [3.63, 3.8) is 0 Å². The van der Waals surface area contributed by atoms with Crippen LogP contribution in [0.5, 0.6) is 0 Å². The Morgan fingerprint density at radius 1 is 1.48 bits per heavy atom. The fourth-order valence-electron chi connectivity index (χ4n) is 3.51. The highest BCUT2D eigenvalue weighted by molar-refractivity contribution is 14.1. The summed E-state index contributed by atoms with van der Waals surface area (Å²) in [6, 6.07) is 5.84. The summed E-state index contributed by atoms with van der Waals surface area (Å²) >= 11 is 2.25. The van der Waals surface area contributed by atoms with E-state index in [4.69, 9.17) is 0 Å². The van der Waals surface area contributed by atoms with Gasteiger partial charge in [-0.1, -0.05) is 6.92 Å². The number of amides is 2. The number of carbonyl (C=O) groups excluding carboxylic acids is 2. The average Bonchev–Trinajstić information content (AvgIpc) is 2.42. The molecule has 1 fully saturated rings. The number of halogens is 1. The lowest BCUT2D eigenvalue weighted by Crippen LogP contribution is -2.55. The van der Waals surface area contributed by atoms with Gasteiger partial charge in [0, 0.05) is 21.7 Å². The molecule has 0 bridgehead atoms. The molecule has 3 rings (SSSR count). The van der Waals surface area contributed by atoms with Gasteiger partial charge >= 0.3 is 0 Å². The molecule has 1 aliphatic heterocycles. The number of nitrogens with zero attached hydrogens (tertiary/aromatic N) is 1. The highest BCUT2D eigenvalue weighted by Crippen LogP contribution is 2.32. The summed E-state index contributed by atoms with van der Waals surface area (Å²) in [5.41, 5.74) is 1.10. The highest BCUT2D eigenvalue weighted by Gasteiger charge is 2.39. The predicted molar refractivity (Wildman–Crippen MR) is 95.3 cm³/mol. The second-order valence-corrected chi connectivity index (χ2v) is 8.23. The van der Waals surface area contributed by atoms with Crippen LogP contribution in [0.4, 0.5) is 0 Å². The predicted octanol–water partition coefficient (Wildman–Crippen LogP) is 1.88. The topological polar surface area (TPSA) is 69.6 Å². The molecule has 0 spiro atoms. The Hall–Kier alpha value is -1.15. The highest BCUT2D eigenvalue weighted by atomic mass is 127. The van der Waals surface area contributed by atoms with Crippen molar-refractivity contribution in [3.05, 3.63) is 32.9 Å². The van der Waals surface area contributed by atoms with Crippen LogP contribution in [0.2, 0.25) is 0 Å². The lowest BCUT2D eigenvalue weighted by molar-refractivity contribution is -0.125. The largest absolute Gasteiger partial charge is 0.390 e. The third kappa shape index (κ3) is 3.52. The summed E-state index contributed by atoms with van der Waals surface area (Å²) in [7, 11) is 0. The van der Waals surface area contributed by atoms with Gasteiger partial charge in [0.15, 0.2) is 0 Å². The van der Waals surface area contributed by atoms with Crippen LogP contribution in [0.25, 0.3) is 0 Å². The van der Waals surface area contributed by atoms with Crippen LogP contribution in [0.1, 0.15) is 48.5 Å². The molecule has 2 aliphatic rings. The smallest absolute Gasteiger partial charge is 0.254 e. The minimum atomic E-state index is -0.663. The van der Waals surface area contributed by atoms with Gasteiger partial charge in [0.25, 0.3) is 5.91 Å². The fourth-order valence-corrected chi connectivity index (χ4v) is 4.02. The van der Waals surface area contributed by atoms with E-state index >= 15 is 0 Å². The van der Waals surface area contributed by atoms with Crippen LogP contribution in [-0.4, -0.2) is 46.6 Å². The molecule has 1 aromatic carbocycles. The molecular weight excluding hydrogens is 407 g/mol. The van der Waals surface area contributed by atoms with Gasteiger partial charge in [-0.05, 0) is 72.0 Å². The number of fused-ring (bicyclic) bond motifs is 1. The Balaban J connectivity index is 1.64. The molecule has 0 unspecified atom stereocenters. The lowest BCUT2D eigenvalue weighted by Gasteiger charge is -2.41. The Morgan fingerprint density at radius 2 is 2.17 bits per heavy atom. The van der Waals surface area contributed by atoms with Crippen molar-refractivity contribution in [2.24, 2.45) is 0 Å². The van der Waals surface area contributed by atoms with Gasteiger partial charge in [-0.2, -0.15) is 0 Å². The van der Waals surface area contributed by atoms with Crippen molar-refractivity contribution in [1.82, 2.24) is 10.2 Å². The van der Waals surface area contributed by atoms with E-state index < -0.39 is 5.60 Å². The second kappa shape index (κ2) is 6.05. The minimum Gasteiger partial charge on any atom is -0.390 e. The molecular formula is C17H21IN2O3. The molecule has 5 nitrogen and oxygen atoms in total.